The first-order valence-electron chi connectivity index (χ1n) is 4.48. The van der Waals surface area contributed by atoms with Crippen molar-refractivity contribution in [3.8, 4) is 11.7 Å². The molecule has 0 fully saturated rings. The van der Waals surface area contributed by atoms with E-state index in [2.05, 4.69) is 26.1 Å². The summed E-state index contributed by atoms with van der Waals surface area (Å²) in [6.07, 6.45) is -0.151. The monoisotopic (exact) mass is 272 g/mol. The smallest absolute Gasteiger partial charge is 0.293 e. The Balaban J connectivity index is 2.27. The number of hydrogen-bond donors (Lipinski definition) is 1. The van der Waals surface area contributed by atoms with Gasteiger partial charge in [-0.2, -0.15) is 4.98 Å². The summed E-state index contributed by atoms with van der Waals surface area (Å²) in [4.78, 5) is 4.02. The van der Waals surface area contributed by atoms with E-state index in [-0.39, 0.29) is 11.7 Å². The van der Waals surface area contributed by atoms with Crippen molar-refractivity contribution < 1.29 is 14.0 Å². The number of halogens is 1. The van der Waals surface area contributed by atoms with Crippen LogP contribution in [0.2, 0.25) is 0 Å². The molecule has 6 heteroatoms. The maximum Gasteiger partial charge on any atom is 0.293 e. The Bertz CT molecular complexity index is 452. The molecule has 0 aliphatic heterocycles. The normalized spacial score (nSPS) is 13.0. The lowest BCUT2D eigenvalue weighted by Crippen LogP contribution is -1.97. The molecule has 2 rings (SSSR count). The minimum atomic E-state index is -0.694. The summed E-state index contributed by atoms with van der Waals surface area (Å²) in [7, 11) is 0. The van der Waals surface area contributed by atoms with E-state index in [1.165, 1.54) is 0 Å². The quantitative estimate of drug-likeness (QED) is 0.930. The SMILES string of the molecule is CCC(O)c1noc(-c2ccc(Br)o2)n1. The molecular formula is C9H9BrN2O3. The Labute approximate surface area is 94.2 Å². The fourth-order valence-electron chi connectivity index (χ4n) is 1.08. The van der Waals surface area contributed by atoms with Gasteiger partial charge in [0.1, 0.15) is 6.10 Å². The van der Waals surface area contributed by atoms with E-state index in [1.54, 1.807) is 12.1 Å². The van der Waals surface area contributed by atoms with Crippen LogP contribution in [0.3, 0.4) is 0 Å². The van der Waals surface area contributed by atoms with Gasteiger partial charge in [0, 0.05) is 0 Å². The molecule has 80 valence electrons. The van der Waals surface area contributed by atoms with Crippen molar-refractivity contribution in [2.75, 3.05) is 0 Å². The second kappa shape index (κ2) is 4.16. The summed E-state index contributed by atoms with van der Waals surface area (Å²) in [6.45, 7) is 1.84. The number of furan rings is 1. The summed E-state index contributed by atoms with van der Waals surface area (Å²) in [5.41, 5.74) is 0. The Hall–Kier alpha value is -1.14. The lowest BCUT2D eigenvalue weighted by atomic mass is 10.3. The highest BCUT2D eigenvalue weighted by Gasteiger charge is 2.16. The third-order valence-corrected chi connectivity index (χ3v) is 2.34. The van der Waals surface area contributed by atoms with Crippen LogP contribution in [-0.4, -0.2) is 15.2 Å². The van der Waals surface area contributed by atoms with Crippen molar-refractivity contribution in [2.24, 2.45) is 0 Å². The molecule has 0 saturated carbocycles. The Morgan fingerprint density at radius 2 is 2.33 bits per heavy atom. The van der Waals surface area contributed by atoms with Gasteiger partial charge >= 0.3 is 0 Å². The Morgan fingerprint density at radius 1 is 1.53 bits per heavy atom. The average molecular weight is 273 g/mol. The van der Waals surface area contributed by atoms with Crippen LogP contribution >= 0.6 is 15.9 Å². The maximum absolute atomic E-state index is 9.47. The first kappa shape index (κ1) is 10.4. The van der Waals surface area contributed by atoms with E-state index in [0.29, 0.717) is 16.9 Å². The summed E-state index contributed by atoms with van der Waals surface area (Å²) in [5, 5.41) is 13.1. The lowest BCUT2D eigenvalue weighted by Gasteiger charge is -1.97. The van der Waals surface area contributed by atoms with Crippen LogP contribution in [0, 0.1) is 0 Å². The van der Waals surface area contributed by atoms with E-state index < -0.39 is 6.10 Å². The van der Waals surface area contributed by atoms with Gasteiger partial charge in [0.15, 0.2) is 10.4 Å². The maximum atomic E-state index is 9.47. The van der Waals surface area contributed by atoms with Gasteiger partial charge in [0.25, 0.3) is 5.89 Å². The first-order valence-corrected chi connectivity index (χ1v) is 5.27. The predicted octanol–water partition coefficient (Wildman–Crippen LogP) is 2.54. The van der Waals surface area contributed by atoms with Gasteiger partial charge in [-0.25, -0.2) is 0 Å². The molecule has 0 bridgehead atoms. The van der Waals surface area contributed by atoms with Crippen LogP contribution in [0.5, 0.6) is 0 Å². The van der Waals surface area contributed by atoms with Gasteiger partial charge in [0.2, 0.25) is 5.82 Å². The minimum Gasteiger partial charge on any atom is -0.444 e. The van der Waals surface area contributed by atoms with Crippen molar-refractivity contribution in [1.29, 1.82) is 0 Å². The molecule has 0 aliphatic carbocycles. The zero-order valence-electron chi connectivity index (χ0n) is 7.98. The third kappa shape index (κ3) is 2.10. The summed E-state index contributed by atoms with van der Waals surface area (Å²) in [5.74, 6) is 1.02. The third-order valence-electron chi connectivity index (χ3n) is 1.91. The van der Waals surface area contributed by atoms with E-state index >= 15 is 0 Å². The number of hydrogen-bond acceptors (Lipinski definition) is 5. The van der Waals surface area contributed by atoms with Crippen molar-refractivity contribution in [1.82, 2.24) is 10.1 Å². The fraction of sp³-hybridized carbons (Fsp3) is 0.333. The van der Waals surface area contributed by atoms with Crippen molar-refractivity contribution in [3.05, 3.63) is 22.6 Å². The molecule has 5 nitrogen and oxygen atoms in total. The molecule has 0 radical (unpaired) electrons. The predicted molar refractivity (Wildman–Crippen MR) is 55.0 cm³/mol. The van der Waals surface area contributed by atoms with Crippen LogP contribution in [0.4, 0.5) is 0 Å². The van der Waals surface area contributed by atoms with Crippen LogP contribution in [0.25, 0.3) is 11.7 Å². The van der Waals surface area contributed by atoms with Crippen LogP contribution < -0.4 is 0 Å². The summed E-state index contributed by atoms with van der Waals surface area (Å²) in [6, 6.07) is 3.44. The highest BCUT2D eigenvalue weighted by Crippen LogP contribution is 2.24. The molecule has 0 saturated heterocycles. The van der Waals surface area contributed by atoms with Gasteiger partial charge in [-0.15, -0.1) is 0 Å². The molecule has 2 heterocycles. The van der Waals surface area contributed by atoms with Crippen LogP contribution in [0.15, 0.2) is 25.7 Å². The summed E-state index contributed by atoms with van der Waals surface area (Å²) < 4.78 is 10.8. The molecule has 0 spiro atoms. The van der Waals surface area contributed by atoms with E-state index in [9.17, 15) is 5.11 Å². The molecule has 1 atom stereocenters. The molecule has 0 aromatic carbocycles. The van der Waals surface area contributed by atoms with Gasteiger partial charge < -0.3 is 14.0 Å². The first-order chi connectivity index (χ1) is 7.20. The topological polar surface area (TPSA) is 72.3 Å². The zero-order valence-corrected chi connectivity index (χ0v) is 9.56. The summed E-state index contributed by atoms with van der Waals surface area (Å²) >= 11 is 3.17. The van der Waals surface area contributed by atoms with E-state index in [4.69, 9.17) is 8.94 Å². The Kier molecular flexibility index (Phi) is 2.88. The van der Waals surface area contributed by atoms with Crippen molar-refractivity contribution in [3.63, 3.8) is 0 Å². The van der Waals surface area contributed by atoms with E-state index in [0.717, 1.165) is 0 Å². The number of rotatable bonds is 3. The fourth-order valence-corrected chi connectivity index (χ4v) is 1.39. The van der Waals surface area contributed by atoms with E-state index in [1.807, 2.05) is 6.92 Å². The van der Waals surface area contributed by atoms with Gasteiger partial charge in [-0.05, 0) is 34.5 Å². The van der Waals surface area contributed by atoms with Crippen molar-refractivity contribution in [2.45, 2.75) is 19.4 Å². The van der Waals surface area contributed by atoms with Crippen LogP contribution in [0.1, 0.15) is 25.3 Å². The highest BCUT2D eigenvalue weighted by molar-refractivity contribution is 9.10. The highest BCUT2D eigenvalue weighted by atomic mass is 79.9. The number of aromatic nitrogens is 2. The second-order valence-electron chi connectivity index (χ2n) is 2.99. The number of nitrogens with zero attached hydrogens (tertiary/aromatic N) is 2. The van der Waals surface area contributed by atoms with Gasteiger partial charge in [-0.1, -0.05) is 12.1 Å². The van der Waals surface area contributed by atoms with Crippen LogP contribution in [-0.2, 0) is 0 Å². The molecule has 2 aromatic heterocycles. The Morgan fingerprint density at radius 3 is 2.93 bits per heavy atom. The molecule has 0 amide bonds. The number of aliphatic hydroxyl groups is 1. The second-order valence-corrected chi connectivity index (χ2v) is 3.77. The molecular weight excluding hydrogens is 264 g/mol. The molecule has 2 aromatic rings. The molecule has 1 unspecified atom stereocenters. The lowest BCUT2D eigenvalue weighted by molar-refractivity contribution is 0.159. The van der Waals surface area contributed by atoms with Crippen molar-refractivity contribution >= 4 is 15.9 Å². The molecule has 0 aliphatic rings. The zero-order chi connectivity index (χ0) is 10.8. The van der Waals surface area contributed by atoms with Gasteiger partial charge in [0.05, 0.1) is 0 Å². The average Bonchev–Trinajstić information content (AvgIpc) is 2.84. The number of aliphatic hydroxyl groups excluding tert-OH is 1. The standard InChI is InChI=1S/C9H9BrN2O3/c1-2-5(13)8-11-9(15-12-8)6-3-4-7(10)14-6/h3-5,13H,2H2,1H3. The minimum absolute atomic E-state index is 0.267. The largest absolute Gasteiger partial charge is 0.444 e. The van der Waals surface area contributed by atoms with Gasteiger partial charge in [-0.3, -0.25) is 0 Å². The molecule has 15 heavy (non-hydrogen) atoms. The molecule has 1 N–H and O–H groups in total.